The Kier molecular flexibility index (Phi) is 8.28. The molecule has 0 amide bonds. The minimum Gasteiger partial charge on any atom is -0.598 e. The van der Waals surface area contributed by atoms with E-state index in [9.17, 15) is 22.5 Å². The normalized spacial score (nSPS) is 16.0. The summed E-state index contributed by atoms with van der Waals surface area (Å²) in [5.41, 5.74) is -4.64. The average Bonchev–Trinajstić information content (AvgIpc) is 2.57. The van der Waals surface area contributed by atoms with E-state index in [0.717, 1.165) is 24.3 Å². The highest BCUT2D eigenvalue weighted by Crippen LogP contribution is 2.47. The van der Waals surface area contributed by atoms with Crippen LogP contribution in [-0.2, 0) is 26.4 Å². The van der Waals surface area contributed by atoms with Gasteiger partial charge in [0, 0.05) is 23.3 Å². The number of carbonyl (C=O) groups is 1. The van der Waals surface area contributed by atoms with Crippen LogP contribution in [0.25, 0.3) is 0 Å². The summed E-state index contributed by atoms with van der Waals surface area (Å²) in [6, 6.07) is 3.83. The van der Waals surface area contributed by atoms with Crippen LogP contribution in [0.5, 0.6) is 0 Å². The zero-order valence-electron chi connectivity index (χ0n) is 16.0. The van der Waals surface area contributed by atoms with Crippen LogP contribution in [0.3, 0.4) is 0 Å². The van der Waals surface area contributed by atoms with Crippen LogP contribution in [0.15, 0.2) is 24.3 Å². The predicted octanol–water partition coefficient (Wildman–Crippen LogP) is 4.32. The molecule has 160 valence electrons. The maximum Gasteiger partial charge on any atom is 0.305 e. The number of nitrogens with one attached hydrogen (secondary N) is 1. The summed E-state index contributed by atoms with van der Waals surface area (Å²) in [5, 5.41) is 0. The summed E-state index contributed by atoms with van der Waals surface area (Å²) in [4.78, 5) is 11.5. The SMILES string of the molecule is CCOC(=O)CCC(F)(F)[C@](N[S@+]([O-])C(C)(C)C)(c1ccccc1F)C(F)F. The molecule has 0 aromatic heterocycles. The molecule has 0 saturated carbocycles. The van der Waals surface area contributed by atoms with Gasteiger partial charge in [0.15, 0.2) is 0 Å². The summed E-state index contributed by atoms with van der Waals surface area (Å²) < 4.78 is 90.7. The molecule has 0 unspecified atom stereocenters. The van der Waals surface area contributed by atoms with Crippen molar-refractivity contribution in [2.45, 2.75) is 63.2 Å². The fourth-order valence-electron chi connectivity index (χ4n) is 2.42. The molecular formula is C18H24F5NO3S. The average molecular weight is 429 g/mol. The van der Waals surface area contributed by atoms with Crippen molar-refractivity contribution in [2.24, 2.45) is 0 Å². The van der Waals surface area contributed by atoms with Gasteiger partial charge in [-0.1, -0.05) is 18.2 Å². The molecule has 4 nitrogen and oxygen atoms in total. The maximum atomic E-state index is 15.2. The Hall–Kier alpha value is -1.39. The highest BCUT2D eigenvalue weighted by molar-refractivity contribution is 7.90. The number of hydrogen-bond donors (Lipinski definition) is 1. The molecule has 0 aliphatic heterocycles. The van der Waals surface area contributed by atoms with Gasteiger partial charge in [0.1, 0.15) is 10.6 Å². The fraction of sp³-hybridized carbons (Fsp3) is 0.611. The molecule has 0 fully saturated rings. The second kappa shape index (κ2) is 9.41. The van der Waals surface area contributed by atoms with E-state index in [1.807, 2.05) is 0 Å². The predicted molar refractivity (Wildman–Crippen MR) is 95.9 cm³/mol. The summed E-state index contributed by atoms with van der Waals surface area (Å²) in [6.45, 7) is 5.58. The molecule has 2 atom stereocenters. The molecule has 0 aliphatic carbocycles. The molecule has 28 heavy (non-hydrogen) atoms. The maximum absolute atomic E-state index is 15.2. The Bertz CT molecular complexity index is 669. The van der Waals surface area contributed by atoms with Crippen molar-refractivity contribution in [3.63, 3.8) is 0 Å². The highest BCUT2D eigenvalue weighted by Gasteiger charge is 2.65. The fourth-order valence-corrected chi connectivity index (χ4v) is 3.37. The third-order valence-electron chi connectivity index (χ3n) is 3.96. The van der Waals surface area contributed by atoms with Crippen LogP contribution >= 0.6 is 0 Å². The van der Waals surface area contributed by atoms with Gasteiger partial charge in [-0.15, -0.1) is 4.72 Å². The van der Waals surface area contributed by atoms with E-state index in [0.29, 0.717) is 0 Å². The number of halogens is 5. The number of esters is 1. The van der Waals surface area contributed by atoms with Crippen molar-refractivity contribution in [1.82, 2.24) is 4.72 Å². The molecule has 1 aromatic rings. The van der Waals surface area contributed by atoms with Crippen molar-refractivity contribution in [1.29, 1.82) is 0 Å². The lowest BCUT2D eigenvalue weighted by molar-refractivity contribution is -0.162. The molecule has 0 bridgehead atoms. The van der Waals surface area contributed by atoms with Gasteiger partial charge >= 0.3 is 5.97 Å². The molecule has 0 heterocycles. The van der Waals surface area contributed by atoms with Crippen LogP contribution < -0.4 is 4.72 Å². The Balaban J connectivity index is 3.51. The minimum absolute atomic E-state index is 0.0655. The van der Waals surface area contributed by atoms with Crippen molar-refractivity contribution in [2.75, 3.05) is 6.61 Å². The first kappa shape index (κ1) is 24.6. The van der Waals surface area contributed by atoms with Gasteiger partial charge in [-0.3, -0.25) is 4.79 Å². The summed E-state index contributed by atoms with van der Waals surface area (Å²) in [7, 11) is 0. The molecule has 1 aromatic carbocycles. The highest BCUT2D eigenvalue weighted by atomic mass is 32.2. The molecule has 1 N–H and O–H groups in total. The number of rotatable bonds is 9. The van der Waals surface area contributed by atoms with Crippen molar-refractivity contribution < 1.29 is 36.0 Å². The Morgan fingerprint density at radius 3 is 2.29 bits per heavy atom. The van der Waals surface area contributed by atoms with E-state index >= 15 is 8.78 Å². The molecule has 0 aliphatic rings. The van der Waals surface area contributed by atoms with Crippen LogP contribution in [0.2, 0.25) is 0 Å². The van der Waals surface area contributed by atoms with Crippen molar-refractivity contribution >= 4 is 17.3 Å². The Labute approximate surface area is 164 Å². The van der Waals surface area contributed by atoms with Gasteiger partial charge in [0.2, 0.25) is 5.54 Å². The molecule has 0 radical (unpaired) electrons. The topological polar surface area (TPSA) is 61.4 Å². The zero-order valence-corrected chi connectivity index (χ0v) is 16.8. The van der Waals surface area contributed by atoms with Crippen LogP contribution in [0, 0.1) is 5.82 Å². The number of benzene rings is 1. The first-order valence-corrected chi connectivity index (χ1v) is 9.71. The van der Waals surface area contributed by atoms with Gasteiger partial charge in [-0.25, -0.2) is 22.0 Å². The van der Waals surface area contributed by atoms with Gasteiger partial charge in [-0.05, 0) is 33.8 Å². The van der Waals surface area contributed by atoms with E-state index in [1.165, 1.54) is 27.7 Å². The van der Waals surface area contributed by atoms with E-state index < -0.39 is 64.2 Å². The van der Waals surface area contributed by atoms with Crippen LogP contribution in [0.1, 0.15) is 46.1 Å². The van der Waals surface area contributed by atoms with Gasteiger partial charge in [-0.2, -0.15) is 0 Å². The number of alkyl halides is 4. The smallest absolute Gasteiger partial charge is 0.305 e. The Morgan fingerprint density at radius 1 is 1.25 bits per heavy atom. The number of ether oxygens (including phenoxy) is 1. The summed E-state index contributed by atoms with van der Waals surface area (Å²) in [5.74, 6) is -6.65. The second-order valence-corrected chi connectivity index (χ2v) is 9.05. The van der Waals surface area contributed by atoms with Crippen LogP contribution in [-0.4, -0.2) is 34.2 Å². The lowest BCUT2D eigenvalue weighted by Crippen LogP contribution is -2.64. The third-order valence-corrected chi connectivity index (χ3v) is 5.58. The molecular weight excluding hydrogens is 405 g/mol. The van der Waals surface area contributed by atoms with E-state index in [4.69, 9.17) is 0 Å². The molecule has 1 rings (SSSR count). The first-order valence-electron chi connectivity index (χ1n) is 8.56. The lowest BCUT2D eigenvalue weighted by Gasteiger charge is -2.41. The lowest BCUT2D eigenvalue weighted by atomic mass is 9.82. The first-order chi connectivity index (χ1) is 12.8. The number of hydrogen-bond acceptors (Lipinski definition) is 4. The van der Waals surface area contributed by atoms with Crippen molar-refractivity contribution in [3.8, 4) is 0 Å². The zero-order chi connectivity index (χ0) is 21.8. The molecule has 0 saturated heterocycles. The largest absolute Gasteiger partial charge is 0.598 e. The van der Waals surface area contributed by atoms with Gasteiger partial charge < -0.3 is 9.29 Å². The van der Waals surface area contributed by atoms with Crippen molar-refractivity contribution in [3.05, 3.63) is 35.6 Å². The summed E-state index contributed by atoms with van der Waals surface area (Å²) in [6.07, 6.45) is -6.06. The second-order valence-electron chi connectivity index (χ2n) is 7.08. The summed E-state index contributed by atoms with van der Waals surface area (Å²) >= 11 is -2.39. The quantitative estimate of drug-likeness (QED) is 0.361. The van der Waals surface area contributed by atoms with Gasteiger partial charge in [0.05, 0.1) is 13.0 Å². The van der Waals surface area contributed by atoms with E-state index in [2.05, 4.69) is 4.74 Å². The third kappa shape index (κ3) is 5.36. The Morgan fingerprint density at radius 2 is 1.82 bits per heavy atom. The molecule has 0 spiro atoms. The van der Waals surface area contributed by atoms with E-state index in [1.54, 1.807) is 4.72 Å². The standard InChI is InChI=1S/C18H24F5NO3S/c1-5-27-14(25)10-11-17(22,23)18(15(20)21,24-28(26)16(2,3)4)12-8-6-7-9-13(12)19/h6-9,15,24H,5,10-11H2,1-4H3/t18-,28+/m0/s1. The number of carbonyl (C=O) groups excluding carboxylic acids is 1. The molecule has 10 heteroatoms. The van der Waals surface area contributed by atoms with E-state index in [-0.39, 0.29) is 6.61 Å². The monoisotopic (exact) mass is 429 g/mol. The van der Waals surface area contributed by atoms with Crippen LogP contribution in [0.4, 0.5) is 22.0 Å². The minimum atomic E-state index is -4.34. The van der Waals surface area contributed by atoms with Gasteiger partial charge in [0.25, 0.3) is 12.3 Å².